The zero-order chi connectivity index (χ0) is 19.2. The van der Waals surface area contributed by atoms with Crippen molar-refractivity contribution in [2.24, 2.45) is 7.05 Å². The summed E-state index contributed by atoms with van der Waals surface area (Å²) in [5, 5.41) is 12.1. The summed E-state index contributed by atoms with van der Waals surface area (Å²) in [6, 6.07) is 15.5. The van der Waals surface area contributed by atoms with Crippen molar-refractivity contribution in [3.8, 4) is 17.1 Å². The summed E-state index contributed by atoms with van der Waals surface area (Å²) >= 11 is 1.36. The van der Waals surface area contributed by atoms with E-state index in [0.29, 0.717) is 5.16 Å². The largest absolute Gasteiger partial charge is 0.497 e. The summed E-state index contributed by atoms with van der Waals surface area (Å²) in [5.41, 5.74) is 2.93. The van der Waals surface area contributed by atoms with Crippen LogP contribution in [0.25, 0.3) is 11.4 Å². The van der Waals surface area contributed by atoms with Gasteiger partial charge in [0.15, 0.2) is 11.0 Å². The van der Waals surface area contributed by atoms with E-state index >= 15 is 0 Å². The zero-order valence-electron chi connectivity index (χ0n) is 15.6. The quantitative estimate of drug-likeness (QED) is 0.630. The van der Waals surface area contributed by atoms with Crippen LogP contribution in [0.4, 0.5) is 5.69 Å². The van der Waals surface area contributed by atoms with Crippen molar-refractivity contribution in [3.05, 3.63) is 54.1 Å². The fraction of sp³-hybridized carbons (Fsp3) is 0.250. The van der Waals surface area contributed by atoms with Gasteiger partial charge in [-0.05, 0) is 42.3 Å². The van der Waals surface area contributed by atoms with Crippen LogP contribution in [0.5, 0.6) is 5.75 Å². The van der Waals surface area contributed by atoms with Crippen molar-refractivity contribution in [1.82, 2.24) is 14.8 Å². The summed E-state index contributed by atoms with van der Waals surface area (Å²) in [4.78, 5) is 12.3. The fourth-order valence-electron chi connectivity index (χ4n) is 2.70. The van der Waals surface area contributed by atoms with E-state index < -0.39 is 0 Å². The monoisotopic (exact) mass is 382 g/mol. The van der Waals surface area contributed by atoms with Gasteiger partial charge in [-0.1, -0.05) is 36.9 Å². The number of benzene rings is 2. The first-order valence-electron chi connectivity index (χ1n) is 8.66. The topological polar surface area (TPSA) is 69.0 Å². The standard InChI is InChI=1S/C20H22N4O2S/c1-4-14-7-5-6-8-17(14)21-18(25)13-27-20-23-22-19(24(20)2)15-9-11-16(26-3)12-10-15/h5-12H,4,13H2,1-3H3,(H,21,25). The molecule has 0 unspecified atom stereocenters. The molecule has 6 nitrogen and oxygen atoms in total. The van der Waals surface area contributed by atoms with E-state index in [2.05, 4.69) is 22.4 Å². The predicted molar refractivity (Wildman–Crippen MR) is 108 cm³/mol. The van der Waals surface area contributed by atoms with Crippen molar-refractivity contribution in [3.63, 3.8) is 0 Å². The van der Waals surface area contributed by atoms with Crippen LogP contribution < -0.4 is 10.1 Å². The minimum atomic E-state index is -0.0603. The molecular formula is C20H22N4O2S. The lowest BCUT2D eigenvalue weighted by Gasteiger charge is -2.09. The molecule has 0 spiro atoms. The first kappa shape index (κ1) is 19.0. The SMILES string of the molecule is CCc1ccccc1NC(=O)CSc1nnc(-c2ccc(OC)cc2)n1C. The Balaban J connectivity index is 1.64. The average molecular weight is 382 g/mol. The van der Waals surface area contributed by atoms with Crippen molar-refractivity contribution in [2.45, 2.75) is 18.5 Å². The number of aryl methyl sites for hydroxylation is 1. The normalized spacial score (nSPS) is 10.6. The molecule has 3 aromatic rings. The molecule has 7 heteroatoms. The van der Waals surface area contributed by atoms with Crippen LogP contribution in [0.15, 0.2) is 53.7 Å². The Kier molecular flexibility index (Phi) is 6.13. The maximum Gasteiger partial charge on any atom is 0.234 e. The Labute approximate surface area is 163 Å². The highest BCUT2D eigenvalue weighted by molar-refractivity contribution is 7.99. The smallest absolute Gasteiger partial charge is 0.234 e. The molecule has 0 aliphatic rings. The molecule has 0 bridgehead atoms. The van der Waals surface area contributed by atoms with E-state index in [-0.39, 0.29) is 11.7 Å². The molecule has 3 rings (SSSR count). The summed E-state index contributed by atoms with van der Waals surface area (Å²) in [7, 11) is 3.53. The third-order valence-electron chi connectivity index (χ3n) is 4.19. The lowest BCUT2D eigenvalue weighted by molar-refractivity contribution is -0.113. The molecule has 1 N–H and O–H groups in total. The molecule has 0 aliphatic heterocycles. The van der Waals surface area contributed by atoms with Gasteiger partial charge in [-0.2, -0.15) is 0 Å². The van der Waals surface area contributed by atoms with Crippen LogP contribution in [0.1, 0.15) is 12.5 Å². The third kappa shape index (κ3) is 4.49. The molecule has 1 amide bonds. The van der Waals surface area contributed by atoms with Gasteiger partial charge in [0.25, 0.3) is 0 Å². The molecule has 27 heavy (non-hydrogen) atoms. The maximum absolute atomic E-state index is 12.3. The van der Waals surface area contributed by atoms with Gasteiger partial charge in [-0.25, -0.2) is 0 Å². The number of anilines is 1. The van der Waals surface area contributed by atoms with Crippen LogP contribution in [-0.2, 0) is 18.3 Å². The Bertz CT molecular complexity index is 922. The summed E-state index contributed by atoms with van der Waals surface area (Å²) in [6.45, 7) is 2.07. The number of thioether (sulfide) groups is 1. The summed E-state index contributed by atoms with van der Waals surface area (Å²) in [5.74, 6) is 1.75. The van der Waals surface area contributed by atoms with Crippen molar-refractivity contribution in [2.75, 3.05) is 18.2 Å². The number of carbonyl (C=O) groups is 1. The maximum atomic E-state index is 12.3. The molecular weight excluding hydrogens is 360 g/mol. The predicted octanol–water partition coefficient (Wildman–Crippen LogP) is 3.78. The van der Waals surface area contributed by atoms with E-state index in [4.69, 9.17) is 4.74 Å². The molecule has 0 aliphatic carbocycles. The highest BCUT2D eigenvalue weighted by Gasteiger charge is 2.13. The lowest BCUT2D eigenvalue weighted by Crippen LogP contribution is -2.15. The number of para-hydroxylation sites is 1. The molecule has 0 fully saturated rings. The van der Waals surface area contributed by atoms with E-state index in [1.807, 2.05) is 60.1 Å². The van der Waals surface area contributed by atoms with Crippen LogP contribution >= 0.6 is 11.8 Å². The third-order valence-corrected chi connectivity index (χ3v) is 5.21. The van der Waals surface area contributed by atoms with E-state index in [1.165, 1.54) is 11.8 Å². The summed E-state index contributed by atoms with van der Waals surface area (Å²) in [6.07, 6.45) is 0.873. The molecule has 0 radical (unpaired) electrons. The Morgan fingerprint density at radius 2 is 1.89 bits per heavy atom. The molecule has 1 aromatic heterocycles. The number of methoxy groups -OCH3 is 1. The molecule has 0 saturated heterocycles. The minimum absolute atomic E-state index is 0.0603. The Morgan fingerprint density at radius 1 is 1.15 bits per heavy atom. The molecule has 140 valence electrons. The number of nitrogens with one attached hydrogen (secondary N) is 1. The Hall–Kier alpha value is -2.80. The first-order valence-corrected chi connectivity index (χ1v) is 9.65. The van der Waals surface area contributed by atoms with Crippen molar-refractivity contribution < 1.29 is 9.53 Å². The van der Waals surface area contributed by atoms with Crippen LogP contribution in [0.2, 0.25) is 0 Å². The fourth-order valence-corrected chi connectivity index (χ4v) is 3.41. The average Bonchev–Trinajstić information content (AvgIpc) is 3.07. The van der Waals surface area contributed by atoms with Gasteiger partial charge in [0.1, 0.15) is 5.75 Å². The van der Waals surface area contributed by atoms with Gasteiger partial charge in [0.05, 0.1) is 12.9 Å². The van der Waals surface area contributed by atoms with Crippen LogP contribution in [0, 0.1) is 0 Å². The van der Waals surface area contributed by atoms with E-state index in [0.717, 1.165) is 34.8 Å². The van der Waals surface area contributed by atoms with Gasteiger partial charge in [0.2, 0.25) is 5.91 Å². The highest BCUT2D eigenvalue weighted by atomic mass is 32.2. The number of hydrogen-bond acceptors (Lipinski definition) is 5. The van der Waals surface area contributed by atoms with E-state index in [1.54, 1.807) is 7.11 Å². The minimum Gasteiger partial charge on any atom is -0.497 e. The molecule has 0 atom stereocenters. The van der Waals surface area contributed by atoms with Gasteiger partial charge < -0.3 is 14.6 Å². The molecule has 2 aromatic carbocycles. The summed E-state index contributed by atoms with van der Waals surface area (Å²) < 4.78 is 7.07. The van der Waals surface area contributed by atoms with Gasteiger partial charge in [-0.3, -0.25) is 4.79 Å². The molecule has 1 heterocycles. The van der Waals surface area contributed by atoms with E-state index in [9.17, 15) is 4.79 Å². The van der Waals surface area contributed by atoms with Gasteiger partial charge >= 0.3 is 0 Å². The second kappa shape index (κ2) is 8.73. The first-order chi connectivity index (χ1) is 13.1. The second-order valence-corrected chi connectivity index (χ2v) is 6.88. The number of ether oxygens (including phenoxy) is 1. The number of nitrogens with zero attached hydrogens (tertiary/aromatic N) is 3. The molecule has 0 saturated carbocycles. The van der Waals surface area contributed by atoms with Gasteiger partial charge in [0, 0.05) is 18.3 Å². The number of rotatable bonds is 7. The number of amides is 1. The highest BCUT2D eigenvalue weighted by Crippen LogP contribution is 2.24. The number of aromatic nitrogens is 3. The Morgan fingerprint density at radius 3 is 2.59 bits per heavy atom. The number of carbonyl (C=O) groups excluding carboxylic acids is 1. The lowest BCUT2D eigenvalue weighted by atomic mass is 10.1. The number of hydrogen-bond donors (Lipinski definition) is 1. The second-order valence-electron chi connectivity index (χ2n) is 5.94. The zero-order valence-corrected chi connectivity index (χ0v) is 16.4. The van der Waals surface area contributed by atoms with Crippen LogP contribution in [0.3, 0.4) is 0 Å². The van der Waals surface area contributed by atoms with Crippen molar-refractivity contribution >= 4 is 23.4 Å². The van der Waals surface area contributed by atoms with Crippen LogP contribution in [-0.4, -0.2) is 33.5 Å². The van der Waals surface area contributed by atoms with Crippen molar-refractivity contribution in [1.29, 1.82) is 0 Å². The van der Waals surface area contributed by atoms with Gasteiger partial charge in [-0.15, -0.1) is 10.2 Å².